The van der Waals surface area contributed by atoms with Gasteiger partial charge in [-0.05, 0) is 67.4 Å². The third-order valence-electron chi connectivity index (χ3n) is 4.39. The van der Waals surface area contributed by atoms with E-state index in [0.717, 1.165) is 5.56 Å². The third kappa shape index (κ3) is 5.87. The van der Waals surface area contributed by atoms with E-state index in [1.165, 1.54) is 24.4 Å². The molecule has 0 atom stereocenters. The van der Waals surface area contributed by atoms with Gasteiger partial charge in [0.1, 0.15) is 0 Å². The van der Waals surface area contributed by atoms with Gasteiger partial charge in [-0.1, -0.05) is 41.4 Å². The summed E-state index contributed by atoms with van der Waals surface area (Å²) in [6.45, 7) is 4.03. The van der Waals surface area contributed by atoms with Crippen molar-refractivity contribution in [2.75, 3.05) is 6.61 Å². The number of aryl methyl sites for hydroxylation is 1. The van der Waals surface area contributed by atoms with Crippen molar-refractivity contribution in [3.63, 3.8) is 0 Å². The Balaban J connectivity index is 1.73. The number of nitrogens with one attached hydrogen (secondary N) is 1. The zero-order valence-corrected chi connectivity index (χ0v) is 18.9. The monoisotopic (exact) mass is 470 g/mol. The molecule has 0 aliphatic rings. The van der Waals surface area contributed by atoms with Gasteiger partial charge in [0.25, 0.3) is 5.91 Å². The molecule has 1 amide bonds. The Hall–Kier alpha value is -3.35. The van der Waals surface area contributed by atoms with Crippen LogP contribution in [0.3, 0.4) is 0 Å². The number of rotatable bonds is 7. The first-order chi connectivity index (χ1) is 15.4. The molecular weight excluding hydrogens is 451 g/mol. The van der Waals surface area contributed by atoms with Crippen molar-refractivity contribution in [1.29, 1.82) is 0 Å². The fraction of sp³-hybridized carbons (Fsp3) is 0.125. The number of carbonyl (C=O) groups is 2. The van der Waals surface area contributed by atoms with E-state index >= 15 is 0 Å². The number of benzene rings is 3. The van der Waals surface area contributed by atoms with Crippen molar-refractivity contribution in [1.82, 2.24) is 5.43 Å². The molecule has 32 heavy (non-hydrogen) atoms. The Morgan fingerprint density at radius 1 is 1.00 bits per heavy atom. The highest BCUT2D eigenvalue weighted by molar-refractivity contribution is 6.42. The van der Waals surface area contributed by atoms with Gasteiger partial charge < -0.3 is 9.47 Å². The lowest BCUT2D eigenvalue weighted by Gasteiger charge is -2.11. The second kappa shape index (κ2) is 10.8. The number of carbonyl (C=O) groups excluding carboxylic acids is 2. The van der Waals surface area contributed by atoms with Gasteiger partial charge in [-0.25, -0.2) is 10.2 Å². The molecule has 0 radical (unpaired) electrons. The number of hydrogen-bond acceptors (Lipinski definition) is 5. The van der Waals surface area contributed by atoms with Gasteiger partial charge in [-0.15, -0.1) is 0 Å². The molecule has 3 aromatic carbocycles. The minimum Gasteiger partial charge on any atom is -0.490 e. The number of amides is 1. The highest BCUT2D eigenvalue weighted by atomic mass is 35.5. The summed E-state index contributed by atoms with van der Waals surface area (Å²) < 4.78 is 11.1. The van der Waals surface area contributed by atoms with Crippen LogP contribution in [0, 0.1) is 6.92 Å². The number of hydrazone groups is 1. The first-order valence-corrected chi connectivity index (χ1v) is 10.5. The number of nitrogens with zero attached hydrogens (tertiary/aromatic N) is 1. The number of hydrogen-bond donors (Lipinski definition) is 1. The minimum atomic E-state index is -0.601. The van der Waals surface area contributed by atoms with E-state index in [9.17, 15) is 9.59 Å². The van der Waals surface area contributed by atoms with Gasteiger partial charge in [0.2, 0.25) is 0 Å². The van der Waals surface area contributed by atoms with Crippen molar-refractivity contribution in [3.8, 4) is 11.5 Å². The molecule has 6 nitrogen and oxygen atoms in total. The van der Waals surface area contributed by atoms with Gasteiger partial charge in [0.05, 0.1) is 28.4 Å². The molecule has 0 bridgehead atoms. The fourth-order valence-corrected chi connectivity index (χ4v) is 3.09. The Morgan fingerprint density at radius 3 is 2.50 bits per heavy atom. The van der Waals surface area contributed by atoms with Crippen molar-refractivity contribution >= 4 is 41.3 Å². The average Bonchev–Trinajstić information content (AvgIpc) is 2.77. The maximum Gasteiger partial charge on any atom is 0.343 e. The van der Waals surface area contributed by atoms with E-state index < -0.39 is 5.97 Å². The SMILES string of the molecule is CCOc1cc(C=NNC(=O)c2ccccc2C)ccc1OC(=O)c1ccc(Cl)c(Cl)c1. The topological polar surface area (TPSA) is 77.0 Å². The summed E-state index contributed by atoms with van der Waals surface area (Å²) in [4.78, 5) is 24.7. The first-order valence-electron chi connectivity index (χ1n) is 9.72. The Morgan fingerprint density at radius 2 is 1.78 bits per heavy atom. The molecule has 3 rings (SSSR count). The molecule has 0 aliphatic carbocycles. The molecule has 0 heterocycles. The van der Waals surface area contributed by atoms with Gasteiger partial charge in [-0.2, -0.15) is 5.10 Å². The second-order valence-electron chi connectivity index (χ2n) is 6.67. The van der Waals surface area contributed by atoms with Gasteiger partial charge in [0, 0.05) is 5.56 Å². The smallest absolute Gasteiger partial charge is 0.343 e. The van der Waals surface area contributed by atoms with Gasteiger partial charge >= 0.3 is 5.97 Å². The predicted octanol–water partition coefficient (Wildman–Crippen LogP) is 5.68. The average molecular weight is 471 g/mol. The van der Waals surface area contributed by atoms with Crippen LogP contribution in [0.1, 0.15) is 38.8 Å². The van der Waals surface area contributed by atoms with Crippen molar-refractivity contribution in [2.45, 2.75) is 13.8 Å². The van der Waals surface area contributed by atoms with E-state index in [-0.39, 0.29) is 22.2 Å². The fourth-order valence-electron chi connectivity index (χ4n) is 2.79. The maximum atomic E-state index is 12.5. The van der Waals surface area contributed by atoms with Crippen molar-refractivity contribution in [3.05, 3.63) is 93.0 Å². The summed E-state index contributed by atoms with van der Waals surface area (Å²) in [6.07, 6.45) is 1.48. The molecule has 164 valence electrons. The van der Waals surface area contributed by atoms with E-state index in [1.807, 2.05) is 26.0 Å². The largest absolute Gasteiger partial charge is 0.490 e. The summed E-state index contributed by atoms with van der Waals surface area (Å²) in [5.41, 5.74) is 4.80. The van der Waals surface area contributed by atoms with E-state index in [2.05, 4.69) is 10.5 Å². The van der Waals surface area contributed by atoms with Crippen molar-refractivity contribution in [2.24, 2.45) is 5.10 Å². The summed E-state index contributed by atoms with van der Waals surface area (Å²) >= 11 is 11.9. The Labute approximate surface area is 195 Å². The van der Waals surface area contributed by atoms with Crippen LogP contribution >= 0.6 is 23.2 Å². The van der Waals surface area contributed by atoms with Crippen molar-refractivity contribution < 1.29 is 19.1 Å². The molecule has 0 saturated carbocycles. The lowest BCUT2D eigenvalue weighted by Crippen LogP contribution is -2.18. The predicted molar refractivity (Wildman–Crippen MR) is 125 cm³/mol. The quantitative estimate of drug-likeness (QED) is 0.208. The van der Waals surface area contributed by atoms with Crippen LogP contribution in [0.15, 0.2) is 65.8 Å². The minimum absolute atomic E-state index is 0.240. The van der Waals surface area contributed by atoms with Crippen LogP contribution in [0.5, 0.6) is 11.5 Å². The third-order valence-corrected chi connectivity index (χ3v) is 5.13. The molecule has 0 spiro atoms. The molecular formula is C24H20Cl2N2O4. The van der Waals surface area contributed by atoms with Crippen LogP contribution < -0.4 is 14.9 Å². The number of esters is 1. The molecule has 3 aromatic rings. The number of halogens is 2. The van der Waals surface area contributed by atoms with Crippen LogP contribution in [0.25, 0.3) is 0 Å². The lowest BCUT2D eigenvalue weighted by atomic mass is 10.1. The molecule has 0 fully saturated rings. The normalized spacial score (nSPS) is 10.8. The highest BCUT2D eigenvalue weighted by Gasteiger charge is 2.14. The first kappa shape index (κ1) is 23.3. The molecule has 8 heteroatoms. The van der Waals surface area contributed by atoms with E-state index in [0.29, 0.717) is 28.5 Å². The summed E-state index contributed by atoms with van der Waals surface area (Å²) in [5.74, 6) is -0.313. The standard InChI is InChI=1S/C24H20Cl2N2O4/c1-3-31-22-12-16(14-27-28-23(29)18-7-5-4-6-15(18)2)8-11-21(22)32-24(30)17-9-10-19(25)20(26)13-17/h4-14H,3H2,1-2H3,(H,28,29). The maximum absolute atomic E-state index is 12.5. The van der Waals surface area contributed by atoms with Gasteiger partial charge in [-0.3, -0.25) is 4.79 Å². The summed E-state index contributed by atoms with van der Waals surface area (Å²) in [5, 5.41) is 4.60. The molecule has 1 N–H and O–H groups in total. The number of ether oxygens (including phenoxy) is 2. The van der Waals surface area contributed by atoms with Crippen LogP contribution in [0.2, 0.25) is 10.0 Å². The van der Waals surface area contributed by atoms with E-state index in [4.69, 9.17) is 32.7 Å². The molecule has 0 aromatic heterocycles. The molecule has 0 aliphatic heterocycles. The van der Waals surface area contributed by atoms with Crippen LogP contribution in [-0.4, -0.2) is 24.7 Å². The molecule has 0 saturated heterocycles. The van der Waals surface area contributed by atoms with E-state index in [1.54, 1.807) is 30.3 Å². The Bertz CT molecular complexity index is 1180. The second-order valence-corrected chi connectivity index (χ2v) is 7.49. The van der Waals surface area contributed by atoms with Gasteiger partial charge in [0.15, 0.2) is 11.5 Å². The highest BCUT2D eigenvalue weighted by Crippen LogP contribution is 2.30. The molecule has 0 unspecified atom stereocenters. The summed E-state index contributed by atoms with van der Waals surface area (Å²) in [7, 11) is 0. The lowest BCUT2D eigenvalue weighted by molar-refractivity contribution is 0.0728. The zero-order valence-electron chi connectivity index (χ0n) is 17.4. The van der Waals surface area contributed by atoms with Crippen LogP contribution in [-0.2, 0) is 0 Å². The van der Waals surface area contributed by atoms with Crippen LogP contribution in [0.4, 0.5) is 0 Å². The Kier molecular flexibility index (Phi) is 7.87. The summed E-state index contributed by atoms with van der Waals surface area (Å²) in [6, 6.07) is 16.6. The zero-order chi connectivity index (χ0) is 23.1.